The Bertz CT molecular complexity index is 344. The molecule has 0 radical (unpaired) electrons. The highest BCUT2D eigenvalue weighted by Gasteiger charge is 2.23. The lowest BCUT2D eigenvalue weighted by molar-refractivity contribution is 0.0939. The molecule has 1 N–H and O–H groups in total. The molecule has 0 saturated carbocycles. The van der Waals surface area contributed by atoms with E-state index < -0.39 is 0 Å². The highest BCUT2D eigenvalue weighted by molar-refractivity contribution is 5.92. The molecule has 1 aliphatic rings. The highest BCUT2D eigenvalue weighted by Crippen LogP contribution is 2.07. The normalized spacial score (nSPS) is 18.9. The molecular formula is C10H15N3O2. The average Bonchev–Trinajstić information content (AvgIpc) is 2.95. The van der Waals surface area contributed by atoms with Crippen molar-refractivity contribution in [3.8, 4) is 0 Å². The van der Waals surface area contributed by atoms with Crippen molar-refractivity contribution in [3.05, 3.63) is 18.0 Å². The summed E-state index contributed by atoms with van der Waals surface area (Å²) in [5.41, 5.74) is 0.623. The Balaban J connectivity index is 1.93. The Morgan fingerprint density at radius 3 is 3.27 bits per heavy atom. The monoisotopic (exact) mass is 209 g/mol. The van der Waals surface area contributed by atoms with Crippen molar-refractivity contribution in [2.75, 3.05) is 13.2 Å². The maximum Gasteiger partial charge on any atom is 0.269 e. The van der Waals surface area contributed by atoms with Crippen LogP contribution in [0.2, 0.25) is 0 Å². The Hall–Kier alpha value is -1.36. The van der Waals surface area contributed by atoms with E-state index in [1.54, 1.807) is 16.9 Å². The van der Waals surface area contributed by atoms with E-state index in [2.05, 4.69) is 17.3 Å². The molecule has 0 spiro atoms. The van der Waals surface area contributed by atoms with E-state index in [4.69, 9.17) is 4.74 Å². The smallest absolute Gasteiger partial charge is 0.269 e. The Morgan fingerprint density at radius 2 is 2.60 bits per heavy atom. The largest absolute Gasteiger partial charge is 0.371 e. The summed E-state index contributed by atoms with van der Waals surface area (Å²) in [5.74, 6) is -0.0727. The second kappa shape index (κ2) is 4.44. The average molecular weight is 209 g/mol. The van der Waals surface area contributed by atoms with Crippen LogP contribution in [0, 0.1) is 0 Å². The lowest BCUT2D eigenvalue weighted by Crippen LogP contribution is -2.29. The summed E-state index contributed by atoms with van der Waals surface area (Å²) < 4.78 is 6.74. The van der Waals surface area contributed by atoms with Crippen LogP contribution < -0.4 is 5.32 Å². The quantitative estimate of drug-likeness (QED) is 0.715. The molecule has 0 unspecified atom stereocenters. The third kappa shape index (κ3) is 2.56. The minimum absolute atomic E-state index is 0.0727. The zero-order chi connectivity index (χ0) is 10.7. The third-order valence-electron chi connectivity index (χ3n) is 2.28. The topological polar surface area (TPSA) is 59.5 Å². The van der Waals surface area contributed by atoms with Gasteiger partial charge in [0.25, 0.3) is 5.91 Å². The van der Waals surface area contributed by atoms with E-state index in [1.807, 2.05) is 0 Å². The number of carbonyl (C=O) groups excluding carboxylic acids is 1. The first-order valence-electron chi connectivity index (χ1n) is 5.23. The molecule has 15 heavy (non-hydrogen) atoms. The van der Waals surface area contributed by atoms with E-state index >= 15 is 0 Å². The molecule has 1 saturated heterocycles. The van der Waals surface area contributed by atoms with Crippen molar-refractivity contribution in [3.63, 3.8) is 0 Å². The predicted molar refractivity (Wildman–Crippen MR) is 54.6 cm³/mol. The molecule has 0 bridgehead atoms. The van der Waals surface area contributed by atoms with Crippen LogP contribution >= 0.6 is 0 Å². The Labute approximate surface area is 88.4 Å². The number of carbonyl (C=O) groups is 1. The minimum Gasteiger partial charge on any atom is -0.371 e. The predicted octanol–water partition coefficient (Wildman–Crippen LogP) is 0.422. The van der Waals surface area contributed by atoms with Crippen molar-refractivity contribution in [2.45, 2.75) is 26.0 Å². The molecule has 5 nitrogen and oxygen atoms in total. The number of hydrogen-bond acceptors (Lipinski definition) is 3. The molecule has 2 heterocycles. The van der Waals surface area contributed by atoms with Crippen LogP contribution in [0.3, 0.4) is 0 Å². The van der Waals surface area contributed by atoms with Crippen LogP contribution in [0.5, 0.6) is 0 Å². The summed E-state index contributed by atoms with van der Waals surface area (Å²) in [6.45, 7) is 4.18. The Morgan fingerprint density at radius 1 is 1.80 bits per heavy atom. The van der Waals surface area contributed by atoms with E-state index in [0.717, 1.165) is 19.6 Å². The van der Waals surface area contributed by atoms with Gasteiger partial charge in [0.1, 0.15) is 5.69 Å². The molecule has 5 heteroatoms. The summed E-state index contributed by atoms with van der Waals surface area (Å²) in [4.78, 5) is 11.7. The SMILES string of the molecule is CCCn1nccc1C(=O)NC[C@@H]1CO1. The van der Waals surface area contributed by atoms with Gasteiger partial charge < -0.3 is 10.1 Å². The number of rotatable bonds is 5. The van der Waals surface area contributed by atoms with Gasteiger partial charge in [0.2, 0.25) is 0 Å². The first-order chi connectivity index (χ1) is 7.31. The number of amides is 1. The standard InChI is InChI=1S/C10H15N3O2/c1-2-5-13-9(3-4-12-13)10(14)11-6-8-7-15-8/h3-4,8H,2,5-7H2,1H3,(H,11,14)/t8-/m1/s1. The Kier molecular flexibility index (Phi) is 3.01. The van der Waals surface area contributed by atoms with Crippen LogP contribution in [0.1, 0.15) is 23.8 Å². The number of hydrogen-bond donors (Lipinski definition) is 1. The van der Waals surface area contributed by atoms with Gasteiger partial charge in [0, 0.05) is 19.3 Å². The van der Waals surface area contributed by atoms with E-state index in [-0.39, 0.29) is 12.0 Å². The summed E-state index contributed by atoms with van der Waals surface area (Å²) in [6.07, 6.45) is 2.84. The number of epoxide rings is 1. The van der Waals surface area contributed by atoms with Gasteiger partial charge in [-0.2, -0.15) is 5.10 Å². The first-order valence-corrected chi connectivity index (χ1v) is 5.23. The van der Waals surface area contributed by atoms with Gasteiger partial charge in [0.05, 0.1) is 12.7 Å². The molecule has 2 rings (SSSR count). The van der Waals surface area contributed by atoms with E-state index in [1.165, 1.54) is 0 Å². The highest BCUT2D eigenvalue weighted by atomic mass is 16.6. The molecule has 1 aliphatic heterocycles. The molecular weight excluding hydrogens is 194 g/mol. The van der Waals surface area contributed by atoms with Gasteiger partial charge in [-0.15, -0.1) is 0 Å². The van der Waals surface area contributed by atoms with Gasteiger partial charge in [-0.1, -0.05) is 6.92 Å². The fourth-order valence-electron chi connectivity index (χ4n) is 1.40. The van der Waals surface area contributed by atoms with Crippen LogP contribution in [-0.2, 0) is 11.3 Å². The molecule has 1 aromatic rings. The number of nitrogens with zero attached hydrogens (tertiary/aromatic N) is 2. The van der Waals surface area contributed by atoms with Gasteiger partial charge in [0.15, 0.2) is 0 Å². The fraction of sp³-hybridized carbons (Fsp3) is 0.600. The van der Waals surface area contributed by atoms with Crippen LogP contribution in [-0.4, -0.2) is 34.9 Å². The lowest BCUT2D eigenvalue weighted by Gasteiger charge is -2.05. The van der Waals surface area contributed by atoms with Gasteiger partial charge in [-0.05, 0) is 12.5 Å². The summed E-state index contributed by atoms with van der Waals surface area (Å²) in [6, 6.07) is 1.73. The summed E-state index contributed by atoms with van der Waals surface area (Å²) in [7, 11) is 0. The lowest BCUT2D eigenvalue weighted by atomic mass is 10.3. The van der Waals surface area contributed by atoms with Crippen molar-refractivity contribution in [1.29, 1.82) is 0 Å². The molecule has 0 aliphatic carbocycles. The van der Waals surface area contributed by atoms with Crippen molar-refractivity contribution < 1.29 is 9.53 Å². The molecule has 1 amide bonds. The van der Waals surface area contributed by atoms with Crippen LogP contribution in [0.25, 0.3) is 0 Å². The summed E-state index contributed by atoms with van der Waals surface area (Å²) in [5, 5.41) is 6.92. The van der Waals surface area contributed by atoms with Crippen LogP contribution in [0.4, 0.5) is 0 Å². The second-order valence-corrected chi connectivity index (χ2v) is 3.60. The van der Waals surface area contributed by atoms with Crippen molar-refractivity contribution in [2.24, 2.45) is 0 Å². The zero-order valence-corrected chi connectivity index (χ0v) is 8.77. The molecule has 1 fully saturated rings. The third-order valence-corrected chi connectivity index (χ3v) is 2.28. The van der Waals surface area contributed by atoms with Crippen molar-refractivity contribution >= 4 is 5.91 Å². The van der Waals surface area contributed by atoms with Crippen molar-refractivity contribution in [1.82, 2.24) is 15.1 Å². The molecule has 0 aromatic carbocycles. The number of aryl methyl sites for hydroxylation is 1. The van der Waals surface area contributed by atoms with E-state index in [9.17, 15) is 4.79 Å². The molecule has 82 valence electrons. The molecule has 1 aromatic heterocycles. The van der Waals surface area contributed by atoms with Crippen LogP contribution in [0.15, 0.2) is 12.3 Å². The van der Waals surface area contributed by atoms with Gasteiger partial charge in [-0.3, -0.25) is 9.48 Å². The maximum atomic E-state index is 11.7. The number of nitrogens with one attached hydrogen (secondary N) is 1. The number of ether oxygens (including phenoxy) is 1. The molecule has 1 atom stereocenters. The summed E-state index contributed by atoms with van der Waals surface area (Å²) >= 11 is 0. The van der Waals surface area contributed by atoms with E-state index in [0.29, 0.717) is 12.2 Å². The minimum atomic E-state index is -0.0727. The first kappa shape index (κ1) is 10.2. The number of aromatic nitrogens is 2. The second-order valence-electron chi connectivity index (χ2n) is 3.60. The maximum absolute atomic E-state index is 11.7. The van der Waals surface area contributed by atoms with Gasteiger partial charge >= 0.3 is 0 Å². The zero-order valence-electron chi connectivity index (χ0n) is 8.77. The van der Waals surface area contributed by atoms with Gasteiger partial charge in [-0.25, -0.2) is 0 Å². The fourth-order valence-corrected chi connectivity index (χ4v) is 1.40.